The fraction of sp³-hybridized carbons (Fsp3) is 0.125. The van der Waals surface area contributed by atoms with E-state index in [4.69, 9.17) is 5.11 Å². The van der Waals surface area contributed by atoms with Crippen LogP contribution in [-0.4, -0.2) is 17.3 Å². The van der Waals surface area contributed by atoms with E-state index < -0.39 is 5.97 Å². The summed E-state index contributed by atoms with van der Waals surface area (Å²) in [6.07, 6.45) is 1.60. The lowest BCUT2D eigenvalue weighted by Crippen LogP contribution is -2.01. The molecule has 3 nitrogen and oxygen atoms in total. The van der Waals surface area contributed by atoms with Gasteiger partial charge in [-0.25, -0.2) is 4.79 Å². The van der Waals surface area contributed by atoms with E-state index in [1.165, 1.54) is 5.56 Å². The van der Waals surface area contributed by atoms with Crippen molar-refractivity contribution in [3.05, 3.63) is 64.7 Å². The Morgan fingerprint density at radius 3 is 2.58 bits per heavy atom. The average molecular weight is 253 g/mol. The first kappa shape index (κ1) is 13.0. The second kappa shape index (κ2) is 5.48. The predicted molar refractivity (Wildman–Crippen MR) is 76.6 cm³/mol. The molecule has 19 heavy (non-hydrogen) atoms. The molecular formula is C16H15NO2. The van der Waals surface area contributed by atoms with Crippen LogP contribution in [0.1, 0.15) is 27.0 Å². The highest BCUT2D eigenvalue weighted by Gasteiger charge is 2.06. The molecule has 0 bridgehead atoms. The number of hydrogen-bond acceptors (Lipinski definition) is 2. The van der Waals surface area contributed by atoms with Crippen LogP contribution in [0.25, 0.3) is 0 Å². The van der Waals surface area contributed by atoms with Gasteiger partial charge >= 0.3 is 5.97 Å². The maximum atomic E-state index is 11.1. The van der Waals surface area contributed by atoms with Crippen LogP contribution in [0.15, 0.2) is 47.5 Å². The van der Waals surface area contributed by atoms with Crippen molar-refractivity contribution in [3.63, 3.8) is 0 Å². The number of benzene rings is 2. The Kier molecular flexibility index (Phi) is 3.76. The summed E-state index contributed by atoms with van der Waals surface area (Å²) in [6.45, 7) is 4.03. The van der Waals surface area contributed by atoms with E-state index >= 15 is 0 Å². The Balaban J connectivity index is 2.38. The minimum atomic E-state index is -0.942. The van der Waals surface area contributed by atoms with Crippen LogP contribution in [0, 0.1) is 13.8 Å². The molecular weight excluding hydrogens is 238 g/mol. The summed E-state index contributed by atoms with van der Waals surface area (Å²) in [5, 5.41) is 9.10. The van der Waals surface area contributed by atoms with Crippen molar-refractivity contribution >= 4 is 17.9 Å². The van der Waals surface area contributed by atoms with Crippen LogP contribution in [0.2, 0.25) is 0 Å². The molecule has 0 radical (unpaired) electrons. The Labute approximate surface area is 112 Å². The quantitative estimate of drug-likeness (QED) is 0.847. The highest BCUT2D eigenvalue weighted by Crippen LogP contribution is 2.21. The molecule has 0 saturated carbocycles. The zero-order valence-corrected chi connectivity index (χ0v) is 10.9. The zero-order valence-electron chi connectivity index (χ0n) is 10.9. The molecule has 3 heteroatoms. The van der Waals surface area contributed by atoms with E-state index in [1.807, 2.05) is 32.0 Å². The summed E-state index contributed by atoms with van der Waals surface area (Å²) in [5.41, 5.74) is 4.00. The lowest BCUT2D eigenvalue weighted by atomic mass is 10.1. The summed E-state index contributed by atoms with van der Waals surface area (Å²) in [5.74, 6) is -0.942. The first-order valence-corrected chi connectivity index (χ1v) is 6.02. The monoisotopic (exact) mass is 253 g/mol. The minimum Gasteiger partial charge on any atom is -0.478 e. The van der Waals surface area contributed by atoms with Gasteiger partial charge in [0.05, 0.1) is 11.3 Å². The van der Waals surface area contributed by atoms with E-state index in [9.17, 15) is 4.79 Å². The molecule has 0 heterocycles. The van der Waals surface area contributed by atoms with Crippen molar-refractivity contribution < 1.29 is 9.90 Å². The van der Waals surface area contributed by atoms with Crippen molar-refractivity contribution in [1.82, 2.24) is 0 Å². The summed E-state index contributed by atoms with van der Waals surface area (Å²) in [4.78, 5) is 15.5. The van der Waals surface area contributed by atoms with Crippen LogP contribution < -0.4 is 0 Å². The number of carbonyl (C=O) groups is 1. The van der Waals surface area contributed by atoms with Crippen LogP contribution in [0.3, 0.4) is 0 Å². The Morgan fingerprint density at radius 1 is 1.11 bits per heavy atom. The number of nitrogens with zero attached hydrogens (tertiary/aromatic N) is 1. The smallest absolute Gasteiger partial charge is 0.336 e. The van der Waals surface area contributed by atoms with Gasteiger partial charge in [0.15, 0.2) is 0 Å². The lowest BCUT2D eigenvalue weighted by Gasteiger charge is -2.04. The number of aromatic carboxylic acids is 1. The lowest BCUT2D eigenvalue weighted by molar-refractivity contribution is 0.0697. The Hall–Kier alpha value is -2.42. The first-order valence-electron chi connectivity index (χ1n) is 6.02. The molecule has 0 atom stereocenters. The molecule has 0 aliphatic carbocycles. The molecule has 2 aromatic rings. The molecule has 0 spiro atoms. The van der Waals surface area contributed by atoms with Gasteiger partial charge in [0.2, 0.25) is 0 Å². The van der Waals surface area contributed by atoms with E-state index in [1.54, 1.807) is 30.5 Å². The van der Waals surface area contributed by atoms with Gasteiger partial charge in [-0.15, -0.1) is 0 Å². The van der Waals surface area contributed by atoms with Crippen molar-refractivity contribution in [1.29, 1.82) is 0 Å². The second-order valence-corrected chi connectivity index (χ2v) is 4.37. The van der Waals surface area contributed by atoms with Gasteiger partial charge in [-0.1, -0.05) is 30.3 Å². The van der Waals surface area contributed by atoms with E-state index in [0.717, 1.165) is 11.3 Å². The van der Waals surface area contributed by atoms with Crippen molar-refractivity contribution in [2.24, 2.45) is 4.99 Å². The topological polar surface area (TPSA) is 49.7 Å². The van der Waals surface area contributed by atoms with Gasteiger partial charge in [-0.2, -0.15) is 0 Å². The normalized spacial score (nSPS) is 10.8. The number of aryl methyl sites for hydroxylation is 1. The van der Waals surface area contributed by atoms with Gasteiger partial charge in [0.25, 0.3) is 0 Å². The van der Waals surface area contributed by atoms with Gasteiger partial charge in [-0.3, -0.25) is 4.99 Å². The number of hydrogen-bond donors (Lipinski definition) is 1. The molecule has 0 aliphatic rings. The standard InChI is InChI=1S/C16H15NO2/c1-11-6-5-9-15(12(11)2)17-10-13-7-3-4-8-14(13)16(18)19/h3-10H,1-2H3,(H,18,19). The van der Waals surface area contributed by atoms with Crippen LogP contribution in [-0.2, 0) is 0 Å². The molecule has 0 saturated heterocycles. The largest absolute Gasteiger partial charge is 0.478 e. The summed E-state index contributed by atoms with van der Waals surface area (Å²) >= 11 is 0. The zero-order chi connectivity index (χ0) is 13.8. The molecule has 0 aromatic heterocycles. The van der Waals surface area contributed by atoms with E-state index in [2.05, 4.69) is 4.99 Å². The highest BCUT2D eigenvalue weighted by molar-refractivity contribution is 5.99. The molecule has 2 aromatic carbocycles. The predicted octanol–water partition coefficient (Wildman–Crippen LogP) is 3.75. The van der Waals surface area contributed by atoms with Gasteiger partial charge in [0.1, 0.15) is 0 Å². The van der Waals surface area contributed by atoms with Gasteiger partial charge in [-0.05, 0) is 37.1 Å². The van der Waals surface area contributed by atoms with E-state index in [-0.39, 0.29) is 5.56 Å². The SMILES string of the molecule is Cc1cccc(N=Cc2ccccc2C(=O)O)c1C. The van der Waals surface area contributed by atoms with E-state index in [0.29, 0.717) is 5.56 Å². The van der Waals surface area contributed by atoms with Gasteiger partial charge < -0.3 is 5.11 Å². The summed E-state index contributed by atoms with van der Waals surface area (Å²) in [6, 6.07) is 12.7. The molecule has 0 fully saturated rings. The second-order valence-electron chi connectivity index (χ2n) is 4.37. The van der Waals surface area contributed by atoms with Crippen LogP contribution >= 0.6 is 0 Å². The summed E-state index contributed by atoms with van der Waals surface area (Å²) in [7, 11) is 0. The third kappa shape index (κ3) is 2.88. The maximum absolute atomic E-state index is 11.1. The number of rotatable bonds is 3. The Morgan fingerprint density at radius 2 is 1.84 bits per heavy atom. The highest BCUT2D eigenvalue weighted by atomic mass is 16.4. The summed E-state index contributed by atoms with van der Waals surface area (Å²) < 4.78 is 0. The van der Waals surface area contributed by atoms with Crippen molar-refractivity contribution in [3.8, 4) is 0 Å². The number of aliphatic imine (C=N–C) groups is 1. The molecule has 96 valence electrons. The van der Waals surface area contributed by atoms with Crippen molar-refractivity contribution in [2.75, 3.05) is 0 Å². The molecule has 0 aliphatic heterocycles. The third-order valence-electron chi connectivity index (χ3n) is 3.11. The average Bonchev–Trinajstić information content (AvgIpc) is 2.40. The molecule has 2 rings (SSSR count). The number of carboxylic acids is 1. The molecule has 0 unspecified atom stereocenters. The molecule has 1 N–H and O–H groups in total. The van der Waals surface area contributed by atoms with Crippen molar-refractivity contribution in [2.45, 2.75) is 13.8 Å². The number of carboxylic acid groups (broad SMARTS) is 1. The minimum absolute atomic E-state index is 0.261. The van der Waals surface area contributed by atoms with Crippen LogP contribution in [0.4, 0.5) is 5.69 Å². The maximum Gasteiger partial charge on any atom is 0.336 e. The third-order valence-corrected chi connectivity index (χ3v) is 3.11. The molecule has 0 amide bonds. The first-order chi connectivity index (χ1) is 9.09. The van der Waals surface area contributed by atoms with Gasteiger partial charge in [0, 0.05) is 11.8 Å². The fourth-order valence-electron chi connectivity index (χ4n) is 1.82. The fourth-order valence-corrected chi connectivity index (χ4v) is 1.82. The Bertz CT molecular complexity index is 645. The van der Waals surface area contributed by atoms with Crippen LogP contribution in [0.5, 0.6) is 0 Å².